The number of carbonyl (C=O) groups is 3. The van der Waals surface area contributed by atoms with Gasteiger partial charge in [0, 0.05) is 41.8 Å². The van der Waals surface area contributed by atoms with Gasteiger partial charge in [0.25, 0.3) is 0 Å². The maximum absolute atomic E-state index is 11.7. The number of aliphatic hydroxyl groups is 1. The van der Waals surface area contributed by atoms with E-state index in [2.05, 4.69) is 58.2 Å². The highest BCUT2D eigenvalue weighted by atomic mass is 32.2. The molecule has 4 heterocycles. The molecule has 7 aromatic rings. The fourth-order valence-electron chi connectivity index (χ4n) is 5.06. The Balaban J connectivity index is 0.000000171. The van der Waals surface area contributed by atoms with Crippen molar-refractivity contribution in [1.29, 1.82) is 0 Å². The number of esters is 1. The van der Waals surface area contributed by atoms with E-state index in [0.29, 0.717) is 44.6 Å². The predicted octanol–water partition coefficient (Wildman–Crippen LogP) is 7.62. The molecule has 60 heavy (non-hydrogen) atoms. The maximum atomic E-state index is 11.7. The summed E-state index contributed by atoms with van der Waals surface area (Å²) in [5, 5.41) is 33.2. The molecular weight excluding hydrogens is 823 g/mol. The van der Waals surface area contributed by atoms with Crippen LogP contribution in [0, 0.1) is 6.92 Å². The van der Waals surface area contributed by atoms with E-state index in [-0.39, 0.29) is 22.6 Å². The number of ketones is 2. The van der Waals surface area contributed by atoms with Gasteiger partial charge in [-0.05, 0) is 64.1 Å². The second-order valence-electron chi connectivity index (χ2n) is 13.0. The average molecular weight is 866 g/mol. The monoisotopic (exact) mass is 865 g/mol. The van der Waals surface area contributed by atoms with E-state index in [4.69, 9.17) is 4.74 Å². The summed E-state index contributed by atoms with van der Waals surface area (Å²) in [6.07, 6.45) is 5.38. The lowest BCUT2D eigenvalue weighted by molar-refractivity contribution is -0.115. The van der Waals surface area contributed by atoms with Crippen molar-refractivity contribution >= 4 is 52.8 Å². The second kappa shape index (κ2) is 21.6. The number of nitrogens with zero attached hydrogens (tertiary/aromatic N) is 9. The van der Waals surface area contributed by atoms with Crippen LogP contribution in [0.5, 0.6) is 0 Å². The number of imidazole rings is 1. The number of aromatic amines is 2. The van der Waals surface area contributed by atoms with Gasteiger partial charge in [0.1, 0.15) is 11.6 Å². The molecule has 0 fully saturated rings. The van der Waals surface area contributed by atoms with E-state index in [1.165, 1.54) is 54.9 Å². The van der Waals surface area contributed by atoms with Gasteiger partial charge in [-0.15, -0.1) is 20.4 Å². The number of rotatable bonds is 14. The van der Waals surface area contributed by atoms with Gasteiger partial charge >= 0.3 is 5.97 Å². The number of H-pyrrole nitrogens is 2. The average Bonchev–Trinajstić information content (AvgIpc) is 4.09. The summed E-state index contributed by atoms with van der Waals surface area (Å²) >= 11 is 4.01. The Bertz CT molecular complexity index is 2530. The van der Waals surface area contributed by atoms with E-state index in [9.17, 15) is 19.5 Å². The molecular formula is C41H43N11O5S3. The molecule has 3 N–H and O–H groups in total. The molecule has 0 aliphatic rings. The number of methoxy groups -OCH3 is 1. The van der Waals surface area contributed by atoms with Crippen LogP contribution in [0.2, 0.25) is 0 Å². The van der Waals surface area contributed by atoms with Gasteiger partial charge in [0.2, 0.25) is 10.3 Å². The lowest BCUT2D eigenvalue weighted by Crippen LogP contribution is -2.03. The van der Waals surface area contributed by atoms with Crippen molar-refractivity contribution in [2.24, 2.45) is 7.05 Å². The fraction of sp³-hybridized carbons (Fsp3) is 0.220. The number of hydrogen-bond donors (Lipinski definition) is 3. The van der Waals surface area contributed by atoms with Crippen LogP contribution in [0.4, 0.5) is 0 Å². The summed E-state index contributed by atoms with van der Waals surface area (Å²) in [7, 11) is 3.25. The Kier molecular flexibility index (Phi) is 16.1. The summed E-state index contributed by atoms with van der Waals surface area (Å²) in [6.45, 7) is 10.5. The van der Waals surface area contributed by atoms with E-state index >= 15 is 0 Å². The van der Waals surface area contributed by atoms with Crippen LogP contribution in [0.3, 0.4) is 0 Å². The molecule has 310 valence electrons. The lowest BCUT2D eigenvalue weighted by atomic mass is 10.1. The Morgan fingerprint density at radius 2 is 1.52 bits per heavy atom. The minimum atomic E-state index is -0.435. The molecule has 0 spiro atoms. The maximum Gasteiger partial charge on any atom is 0.338 e. The van der Waals surface area contributed by atoms with Crippen molar-refractivity contribution < 1.29 is 24.2 Å². The summed E-state index contributed by atoms with van der Waals surface area (Å²) in [4.78, 5) is 46.2. The van der Waals surface area contributed by atoms with Crippen molar-refractivity contribution in [2.75, 3.05) is 18.6 Å². The van der Waals surface area contributed by atoms with Crippen molar-refractivity contribution in [2.45, 2.75) is 48.4 Å². The zero-order chi connectivity index (χ0) is 43.2. The van der Waals surface area contributed by atoms with Crippen molar-refractivity contribution in [3.8, 4) is 39.9 Å². The molecule has 0 radical (unpaired) electrons. The minimum Gasteiger partial charge on any atom is -0.512 e. The van der Waals surface area contributed by atoms with Crippen LogP contribution in [-0.4, -0.2) is 101 Å². The normalized spacial score (nSPS) is 11.1. The Morgan fingerprint density at radius 3 is 2.12 bits per heavy atom. The third-order valence-corrected chi connectivity index (χ3v) is 11.3. The first-order valence-corrected chi connectivity index (χ1v) is 21.0. The Morgan fingerprint density at radius 1 is 0.867 bits per heavy atom. The standard InChI is InChI=1S/C14H13N5OS.C14H17N3OS.C13H13N3O3S/c1-10(20)8-21-14-16-13(17-18-14)11-2-4-12(5-3-11)19-7-6-15-9-19;1-9-6-5-7-12(8-9)13-15-16-14(17(13)4)19-11(3)10(2)18;1-8(17)7-20-13-14-11(15-16-13)9-5-3-4-6-10(9)12(18)19-2/h2-7,9H,8H2,1H3,(H,16,17,18);5-8,11,18H,2H2,1,3-4H3;3-6H,7H2,1-2H3,(H,14,15,16). The van der Waals surface area contributed by atoms with Crippen LogP contribution in [0.25, 0.3) is 39.9 Å². The number of benzene rings is 3. The summed E-state index contributed by atoms with van der Waals surface area (Å²) in [5.74, 6) is 2.55. The molecule has 4 aromatic heterocycles. The van der Waals surface area contributed by atoms with Crippen LogP contribution >= 0.6 is 35.3 Å². The zero-order valence-corrected chi connectivity index (χ0v) is 36.1. The van der Waals surface area contributed by atoms with Crippen molar-refractivity contribution in [3.63, 3.8) is 0 Å². The summed E-state index contributed by atoms with van der Waals surface area (Å²) in [6, 6.07) is 23.0. The van der Waals surface area contributed by atoms with Gasteiger partial charge in [-0.1, -0.05) is 83.8 Å². The molecule has 3 aromatic carbocycles. The number of aromatic nitrogens is 11. The minimum absolute atomic E-state index is 0.0521. The number of aryl methyl sites for hydroxylation is 1. The second-order valence-corrected chi connectivity index (χ2v) is 16.1. The lowest BCUT2D eigenvalue weighted by Gasteiger charge is -2.09. The van der Waals surface area contributed by atoms with Gasteiger partial charge in [0.15, 0.2) is 22.6 Å². The predicted molar refractivity (Wildman–Crippen MR) is 233 cm³/mol. The number of aliphatic hydroxyl groups excluding tert-OH is 1. The number of thioether (sulfide) groups is 3. The molecule has 0 aliphatic heterocycles. The Hall–Kier alpha value is -6.31. The molecule has 19 heteroatoms. The number of ether oxygens (including phenoxy) is 1. The van der Waals surface area contributed by atoms with Crippen molar-refractivity contribution in [1.82, 2.24) is 54.7 Å². The Labute approximate surface area is 359 Å². The quantitative estimate of drug-likeness (QED) is 0.0545. The molecule has 16 nitrogen and oxygen atoms in total. The van der Waals surface area contributed by atoms with E-state index < -0.39 is 5.97 Å². The van der Waals surface area contributed by atoms with Crippen LogP contribution in [-0.2, 0) is 21.4 Å². The molecule has 7 rings (SSSR count). The molecule has 0 amide bonds. The van der Waals surface area contributed by atoms with Gasteiger partial charge in [0.05, 0.1) is 41.5 Å². The molecule has 0 bridgehead atoms. The van der Waals surface area contributed by atoms with Crippen LogP contribution in [0.1, 0.15) is 36.7 Å². The molecule has 1 unspecified atom stereocenters. The van der Waals surface area contributed by atoms with Crippen LogP contribution in [0.15, 0.2) is 119 Å². The van der Waals surface area contributed by atoms with Crippen molar-refractivity contribution in [3.05, 3.63) is 115 Å². The van der Waals surface area contributed by atoms with Crippen LogP contribution < -0.4 is 0 Å². The largest absolute Gasteiger partial charge is 0.512 e. The van der Waals surface area contributed by atoms with E-state index in [1.54, 1.807) is 43.7 Å². The van der Waals surface area contributed by atoms with Gasteiger partial charge in [-0.25, -0.2) is 19.7 Å². The number of Topliss-reactive ketones (excluding diaryl/α,β-unsaturated/α-hetero) is 2. The smallest absolute Gasteiger partial charge is 0.338 e. The van der Waals surface area contributed by atoms with E-state index in [1.807, 2.05) is 78.7 Å². The van der Waals surface area contributed by atoms with Gasteiger partial charge in [-0.3, -0.25) is 19.8 Å². The summed E-state index contributed by atoms with van der Waals surface area (Å²) < 4.78 is 8.59. The zero-order valence-electron chi connectivity index (χ0n) is 33.7. The van der Waals surface area contributed by atoms with E-state index in [0.717, 1.165) is 27.8 Å². The number of carbonyl (C=O) groups excluding carboxylic acids is 3. The highest BCUT2D eigenvalue weighted by Crippen LogP contribution is 2.28. The number of hydrogen-bond acceptors (Lipinski definition) is 15. The topological polar surface area (TPSA) is 212 Å². The van der Waals surface area contributed by atoms with Gasteiger partial charge < -0.3 is 19.0 Å². The fourth-order valence-corrected chi connectivity index (χ4v) is 7.05. The molecule has 1 atom stereocenters. The molecule has 0 saturated heterocycles. The first kappa shape index (κ1) is 44.8. The SMILES string of the molecule is C=C(O)C(C)Sc1nnc(-c2cccc(C)c2)n1C.CC(=O)CSc1n[nH]c(-c2ccc(-n3ccnc3)cc2)n1.COC(=O)c1ccccc1-c1nc(SCC(C)=O)n[nH]1. The first-order chi connectivity index (χ1) is 28.8. The highest BCUT2D eigenvalue weighted by Gasteiger charge is 2.17. The number of nitrogens with one attached hydrogen (secondary N) is 2. The first-order valence-electron chi connectivity index (χ1n) is 18.2. The molecule has 0 aliphatic carbocycles. The highest BCUT2D eigenvalue weighted by molar-refractivity contribution is 8.00. The third kappa shape index (κ3) is 12.6. The summed E-state index contributed by atoms with van der Waals surface area (Å²) in [5.41, 5.74) is 5.22. The molecule has 0 saturated carbocycles. The van der Waals surface area contributed by atoms with Gasteiger partial charge in [-0.2, -0.15) is 0 Å². The third-order valence-electron chi connectivity index (χ3n) is 8.13.